The zero-order valence-electron chi connectivity index (χ0n) is 17.7. The van der Waals surface area contributed by atoms with Crippen molar-refractivity contribution in [2.24, 2.45) is 4.99 Å². The van der Waals surface area contributed by atoms with E-state index in [9.17, 15) is 13.2 Å². The minimum absolute atomic E-state index is 0. The zero-order chi connectivity index (χ0) is 20.7. The molecule has 1 unspecified atom stereocenters. The average Bonchev–Trinajstić information content (AvgIpc) is 2.64. The summed E-state index contributed by atoms with van der Waals surface area (Å²) in [6.45, 7) is 7.16. The van der Waals surface area contributed by atoms with E-state index in [4.69, 9.17) is 4.99 Å². The summed E-state index contributed by atoms with van der Waals surface area (Å²) in [6, 6.07) is 6.81. The molecule has 1 saturated heterocycles. The molecule has 0 aliphatic carbocycles. The lowest BCUT2D eigenvalue weighted by Crippen LogP contribution is -2.56. The van der Waals surface area contributed by atoms with E-state index in [-0.39, 0.29) is 24.0 Å². The van der Waals surface area contributed by atoms with Gasteiger partial charge in [-0.1, -0.05) is 24.3 Å². The van der Waals surface area contributed by atoms with Crippen molar-refractivity contribution < 1.29 is 13.2 Å². The van der Waals surface area contributed by atoms with Crippen LogP contribution in [-0.2, 0) is 13.1 Å². The van der Waals surface area contributed by atoms with Gasteiger partial charge in [0.1, 0.15) is 6.04 Å². The highest BCUT2D eigenvalue weighted by Crippen LogP contribution is 2.25. The molecule has 166 valence electrons. The number of aliphatic imine (C=N–C) groups is 1. The van der Waals surface area contributed by atoms with Crippen LogP contribution < -0.4 is 5.32 Å². The molecular weight excluding hydrogens is 494 g/mol. The van der Waals surface area contributed by atoms with Crippen molar-refractivity contribution in [3.63, 3.8) is 0 Å². The van der Waals surface area contributed by atoms with Gasteiger partial charge in [0.2, 0.25) is 0 Å². The Balaban J connectivity index is 0.00000420. The molecule has 1 fully saturated rings. The molecule has 0 radical (unpaired) electrons. The molecule has 0 aromatic heterocycles. The van der Waals surface area contributed by atoms with Crippen LogP contribution in [0, 0.1) is 0 Å². The Morgan fingerprint density at radius 1 is 1.14 bits per heavy atom. The van der Waals surface area contributed by atoms with E-state index >= 15 is 0 Å². The SMILES string of the molecule is CCNC(=NCc1ccccc1CN(C)C)N1CCN(C(C)C(F)(F)F)CC1.I. The Hall–Kier alpha value is -1.07. The third-order valence-corrected chi connectivity index (χ3v) is 4.97. The molecule has 1 N–H and O–H groups in total. The van der Waals surface area contributed by atoms with Crippen molar-refractivity contribution in [3.05, 3.63) is 35.4 Å². The number of hydrogen-bond donors (Lipinski definition) is 1. The van der Waals surface area contributed by atoms with Crippen LogP contribution in [0.1, 0.15) is 25.0 Å². The molecule has 0 saturated carbocycles. The molecule has 1 aromatic carbocycles. The van der Waals surface area contributed by atoms with E-state index in [1.165, 1.54) is 17.4 Å². The maximum atomic E-state index is 13.0. The molecule has 1 atom stereocenters. The maximum Gasteiger partial charge on any atom is 0.403 e. The predicted molar refractivity (Wildman–Crippen MR) is 123 cm³/mol. The van der Waals surface area contributed by atoms with Crippen molar-refractivity contribution in [3.8, 4) is 0 Å². The van der Waals surface area contributed by atoms with Gasteiger partial charge in [0.15, 0.2) is 5.96 Å². The smallest absolute Gasteiger partial charge is 0.357 e. The quantitative estimate of drug-likeness (QED) is 0.350. The first kappa shape index (κ1) is 26.0. The third kappa shape index (κ3) is 7.93. The van der Waals surface area contributed by atoms with Gasteiger partial charge in [-0.05, 0) is 39.1 Å². The van der Waals surface area contributed by atoms with Gasteiger partial charge in [-0.2, -0.15) is 13.2 Å². The van der Waals surface area contributed by atoms with E-state index in [1.807, 2.05) is 33.2 Å². The van der Waals surface area contributed by atoms with Gasteiger partial charge in [-0.25, -0.2) is 4.99 Å². The summed E-state index contributed by atoms with van der Waals surface area (Å²) in [5, 5.41) is 3.28. The fourth-order valence-electron chi connectivity index (χ4n) is 3.32. The molecule has 5 nitrogen and oxygen atoms in total. The molecule has 1 aromatic rings. The van der Waals surface area contributed by atoms with Gasteiger partial charge >= 0.3 is 6.18 Å². The maximum absolute atomic E-state index is 13.0. The third-order valence-electron chi connectivity index (χ3n) is 4.97. The van der Waals surface area contributed by atoms with Crippen molar-refractivity contribution in [1.82, 2.24) is 20.0 Å². The van der Waals surface area contributed by atoms with E-state index in [0.29, 0.717) is 32.7 Å². The number of benzene rings is 1. The monoisotopic (exact) mass is 527 g/mol. The molecular formula is C20H33F3IN5. The lowest BCUT2D eigenvalue weighted by Gasteiger charge is -2.39. The van der Waals surface area contributed by atoms with Crippen LogP contribution in [-0.4, -0.2) is 79.7 Å². The van der Waals surface area contributed by atoms with E-state index in [0.717, 1.165) is 24.6 Å². The topological polar surface area (TPSA) is 34.1 Å². The summed E-state index contributed by atoms with van der Waals surface area (Å²) in [7, 11) is 4.07. The second-order valence-corrected chi connectivity index (χ2v) is 7.42. The average molecular weight is 527 g/mol. The summed E-state index contributed by atoms with van der Waals surface area (Å²) in [4.78, 5) is 10.4. The molecule has 9 heteroatoms. The van der Waals surface area contributed by atoms with Gasteiger partial charge in [-0.3, -0.25) is 4.90 Å². The fourth-order valence-corrected chi connectivity index (χ4v) is 3.32. The van der Waals surface area contributed by atoms with Gasteiger partial charge in [0.05, 0.1) is 6.54 Å². The largest absolute Gasteiger partial charge is 0.403 e. The number of guanidine groups is 1. The van der Waals surface area contributed by atoms with Crippen LogP contribution in [0.5, 0.6) is 0 Å². The van der Waals surface area contributed by atoms with Crippen molar-refractivity contribution in [2.75, 3.05) is 46.8 Å². The minimum Gasteiger partial charge on any atom is -0.357 e. The highest BCUT2D eigenvalue weighted by Gasteiger charge is 2.41. The van der Waals surface area contributed by atoms with Crippen molar-refractivity contribution in [1.29, 1.82) is 0 Å². The molecule has 1 aliphatic heterocycles. The molecule has 1 heterocycles. The van der Waals surface area contributed by atoms with Gasteiger partial charge in [0, 0.05) is 39.3 Å². The number of nitrogens with one attached hydrogen (secondary N) is 1. The Bertz CT molecular complexity index is 643. The molecule has 0 spiro atoms. The van der Waals surface area contributed by atoms with Crippen LogP contribution >= 0.6 is 24.0 Å². The van der Waals surface area contributed by atoms with Crippen LogP contribution in [0.25, 0.3) is 0 Å². The van der Waals surface area contributed by atoms with Crippen LogP contribution in [0.4, 0.5) is 13.2 Å². The van der Waals surface area contributed by atoms with Crippen molar-refractivity contribution in [2.45, 2.75) is 39.2 Å². The van der Waals surface area contributed by atoms with Crippen LogP contribution in [0.2, 0.25) is 0 Å². The lowest BCUT2D eigenvalue weighted by atomic mass is 10.1. The predicted octanol–water partition coefficient (Wildman–Crippen LogP) is 3.40. The second kappa shape index (κ2) is 11.9. The number of alkyl halides is 3. The summed E-state index contributed by atoms with van der Waals surface area (Å²) >= 11 is 0. The number of hydrogen-bond acceptors (Lipinski definition) is 3. The number of rotatable bonds is 6. The molecule has 0 amide bonds. The Morgan fingerprint density at radius 3 is 2.24 bits per heavy atom. The molecule has 1 aliphatic rings. The second-order valence-electron chi connectivity index (χ2n) is 7.42. The normalized spacial score (nSPS) is 17.2. The van der Waals surface area contributed by atoms with Crippen LogP contribution in [0.15, 0.2) is 29.3 Å². The fraction of sp³-hybridized carbons (Fsp3) is 0.650. The lowest BCUT2D eigenvalue weighted by molar-refractivity contribution is -0.181. The molecule has 0 bridgehead atoms. The molecule has 2 rings (SSSR count). The number of halogens is 4. The summed E-state index contributed by atoms with van der Waals surface area (Å²) in [5.41, 5.74) is 2.40. The summed E-state index contributed by atoms with van der Waals surface area (Å²) in [5.74, 6) is 0.765. The van der Waals surface area contributed by atoms with E-state index < -0.39 is 12.2 Å². The Morgan fingerprint density at radius 2 is 1.72 bits per heavy atom. The highest BCUT2D eigenvalue weighted by atomic mass is 127. The Labute approximate surface area is 189 Å². The van der Waals surface area contributed by atoms with E-state index in [2.05, 4.69) is 27.2 Å². The minimum atomic E-state index is -4.18. The highest BCUT2D eigenvalue weighted by molar-refractivity contribution is 14.0. The first-order valence-corrected chi connectivity index (χ1v) is 9.78. The van der Waals surface area contributed by atoms with E-state index in [1.54, 1.807) is 0 Å². The van der Waals surface area contributed by atoms with Gasteiger partial charge in [0.25, 0.3) is 0 Å². The first-order valence-electron chi connectivity index (χ1n) is 9.78. The van der Waals surface area contributed by atoms with Crippen LogP contribution in [0.3, 0.4) is 0 Å². The number of piperazine rings is 1. The number of nitrogens with zero attached hydrogens (tertiary/aromatic N) is 4. The van der Waals surface area contributed by atoms with Gasteiger partial charge < -0.3 is 15.1 Å². The van der Waals surface area contributed by atoms with Gasteiger partial charge in [-0.15, -0.1) is 24.0 Å². The summed E-state index contributed by atoms with van der Waals surface area (Å²) in [6.07, 6.45) is -4.18. The Kier molecular flexibility index (Phi) is 10.7. The first-order chi connectivity index (χ1) is 13.2. The van der Waals surface area contributed by atoms with Crippen molar-refractivity contribution >= 4 is 29.9 Å². The summed E-state index contributed by atoms with van der Waals surface area (Å²) < 4.78 is 38.9. The standard InChI is InChI=1S/C20H32F3N5.HI/c1-5-24-19(25-14-17-8-6-7-9-18(17)15-26(3)4)28-12-10-27(11-13-28)16(2)20(21,22)23;/h6-9,16H,5,10-15H2,1-4H3,(H,24,25);1H. The molecule has 29 heavy (non-hydrogen) atoms. The zero-order valence-corrected chi connectivity index (χ0v) is 20.0.